The van der Waals surface area contributed by atoms with Crippen LogP contribution >= 0.6 is 24.8 Å². The number of nitrogens with one attached hydrogen (secondary N) is 2. The van der Waals surface area contributed by atoms with Gasteiger partial charge in [0, 0.05) is 12.0 Å². The fourth-order valence-electron chi connectivity index (χ4n) is 2.18. The Morgan fingerprint density at radius 2 is 1.91 bits per heavy atom. The van der Waals surface area contributed by atoms with Gasteiger partial charge in [-0.3, -0.25) is 9.98 Å². The molecule has 0 aliphatic carbocycles. The summed E-state index contributed by atoms with van der Waals surface area (Å²) >= 11 is 0. The third kappa shape index (κ3) is 4.81. The summed E-state index contributed by atoms with van der Waals surface area (Å²) in [4.78, 5) is 9.01. The largest absolute Gasteiger partial charge is 0.367 e. The third-order valence-electron chi connectivity index (χ3n) is 3.51. The van der Waals surface area contributed by atoms with Crippen LogP contribution in [0.4, 0.5) is 0 Å². The maximum Gasteiger partial charge on any atom is 0.168 e. The Morgan fingerprint density at radius 1 is 1.27 bits per heavy atom. The standard InChI is InChI=1S/C14H26N6.2ClH/c1-9(2)11-16-8-14(6,18-11)20-19-13(4,5)12-15-7-10(3)17-12;;/h9-10H,7-8H2,1-6H3,(H,15,17)(H,16,18);2*1H. The van der Waals surface area contributed by atoms with Gasteiger partial charge in [-0.1, -0.05) is 13.8 Å². The number of amidine groups is 2. The molecule has 0 saturated heterocycles. The zero-order valence-electron chi connectivity index (χ0n) is 14.2. The Hall–Kier alpha value is -0.880. The van der Waals surface area contributed by atoms with Crippen LogP contribution in [0, 0.1) is 5.92 Å². The fourth-order valence-corrected chi connectivity index (χ4v) is 2.18. The van der Waals surface area contributed by atoms with Gasteiger partial charge < -0.3 is 10.6 Å². The van der Waals surface area contributed by atoms with E-state index in [0.717, 1.165) is 18.2 Å². The van der Waals surface area contributed by atoms with Gasteiger partial charge in [-0.2, -0.15) is 10.2 Å². The molecule has 2 unspecified atom stereocenters. The van der Waals surface area contributed by atoms with Crippen molar-refractivity contribution in [2.24, 2.45) is 26.1 Å². The van der Waals surface area contributed by atoms with E-state index in [9.17, 15) is 0 Å². The van der Waals surface area contributed by atoms with Crippen molar-refractivity contribution < 1.29 is 0 Å². The van der Waals surface area contributed by atoms with Crippen LogP contribution < -0.4 is 10.6 Å². The van der Waals surface area contributed by atoms with Crippen LogP contribution in [0.25, 0.3) is 0 Å². The summed E-state index contributed by atoms with van der Waals surface area (Å²) in [7, 11) is 0. The van der Waals surface area contributed by atoms with Crippen molar-refractivity contribution in [3.05, 3.63) is 0 Å². The third-order valence-corrected chi connectivity index (χ3v) is 3.51. The molecule has 2 N–H and O–H groups in total. The highest BCUT2D eigenvalue weighted by atomic mass is 35.5. The van der Waals surface area contributed by atoms with Crippen LogP contribution in [0.3, 0.4) is 0 Å². The topological polar surface area (TPSA) is 73.5 Å². The number of hydrogen-bond acceptors (Lipinski definition) is 6. The summed E-state index contributed by atoms with van der Waals surface area (Å²) in [6.07, 6.45) is 0. The van der Waals surface area contributed by atoms with E-state index in [2.05, 4.69) is 51.6 Å². The normalized spacial score (nSPS) is 27.7. The van der Waals surface area contributed by atoms with Crippen molar-refractivity contribution in [2.75, 3.05) is 13.1 Å². The fraction of sp³-hybridized carbons (Fsp3) is 0.857. The Balaban J connectivity index is 0.00000220. The number of halogens is 2. The van der Waals surface area contributed by atoms with Gasteiger partial charge in [0.25, 0.3) is 0 Å². The van der Waals surface area contributed by atoms with Gasteiger partial charge >= 0.3 is 0 Å². The van der Waals surface area contributed by atoms with Crippen molar-refractivity contribution in [2.45, 2.75) is 58.8 Å². The molecular weight excluding hydrogens is 323 g/mol. The molecule has 6 nitrogen and oxygen atoms in total. The molecule has 22 heavy (non-hydrogen) atoms. The molecule has 128 valence electrons. The lowest BCUT2D eigenvalue weighted by molar-refractivity contribution is 0.426. The van der Waals surface area contributed by atoms with Gasteiger partial charge in [0.05, 0.1) is 13.1 Å². The highest BCUT2D eigenvalue weighted by Crippen LogP contribution is 2.21. The monoisotopic (exact) mass is 350 g/mol. The molecule has 0 radical (unpaired) electrons. The molecule has 2 aliphatic rings. The first-order valence-electron chi connectivity index (χ1n) is 7.30. The predicted octanol–water partition coefficient (Wildman–Crippen LogP) is 2.82. The number of hydrogen-bond donors (Lipinski definition) is 2. The summed E-state index contributed by atoms with van der Waals surface area (Å²) in [6, 6.07) is 0.385. The van der Waals surface area contributed by atoms with Crippen molar-refractivity contribution in [3.8, 4) is 0 Å². The summed E-state index contributed by atoms with van der Waals surface area (Å²) in [6.45, 7) is 13.9. The maximum absolute atomic E-state index is 4.52. The minimum Gasteiger partial charge on any atom is -0.367 e. The predicted molar refractivity (Wildman–Crippen MR) is 97.0 cm³/mol. The molecule has 0 amide bonds. The second-order valence-electron chi connectivity index (χ2n) is 6.75. The first-order valence-corrected chi connectivity index (χ1v) is 7.30. The molecule has 2 atom stereocenters. The van der Waals surface area contributed by atoms with Crippen molar-refractivity contribution in [3.63, 3.8) is 0 Å². The van der Waals surface area contributed by atoms with E-state index in [1.807, 2.05) is 20.8 Å². The van der Waals surface area contributed by atoms with Gasteiger partial charge in [-0.05, 0) is 27.7 Å². The van der Waals surface area contributed by atoms with E-state index in [1.54, 1.807) is 0 Å². The summed E-state index contributed by atoms with van der Waals surface area (Å²) in [5.74, 6) is 2.32. The molecule has 0 spiro atoms. The molecule has 0 aromatic heterocycles. The molecule has 2 rings (SSSR count). The average molecular weight is 351 g/mol. The summed E-state index contributed by atoms with van der Waals surface area (Å²) in [5.41, 5.74) is -0.850. The molecule has 2 aliphatic heterocycles. The minimum absolute atomic E-state index is 0. The van der Waals surface area contributed by atoms with E-state index in [4.69, 9.17) is 0 Å². The van der Waals surface area contributed by atoms with E-state index in [0.29, 0.717) is 18.5 Å². The molecule has 0 bridgehead atoms. The van der Waals surface area contributed by atoms with Gasteiger partial charge in [0.2, 0.25) is 0 Å². The van der Waals surface area contributed by atoms with Crippen LogP contribution in [0.15, 0.2) is 20.2 Å². The smallest absolute Gasteiger partial charge is 0.168 e. The molecular formula is C14H28Cl2N6. The van der Waals surface area contributed by atoms with Crippen molar-refractivity contribution >= 4 is 36.5 Å². The van der Waals surface area contributed by atoms with Crippen LogP contribution in [0.1, 0.15) is 41.5 Å². The lowest BCUT2D eigenvalue weighted by atomic mass is 10.1. The first-order chi connectivity index (χ1) is 9.22. The second-order valence-corrected chi connectivity index (χ2v) is 6.75. The lowest BCUT2D eigenvalue weighted by Gasteiger charge is -2.24. The quantitative estimate of drug-likeness (QED) is 0.765. The molecule has 8 heteroatoms. The van der Waals surface area contributed by atoms with E-state index in [-0.39, 0.29) is 24.8 Å². The molecule has 2 heterocycles. The number of nitrogens with zero attached hydrogens (tertiary/aromatic N) is 4. The first kappa shape index (κ1) is 21.1. The number of aliphatic imine (C=N–C) groups is 2. The average Bonchev–Trinajstić information content (AvgIpc) is 2.95. The molecule has 0 saturated carbocycles. The minimum atomic E-state index is -0.429. The Kier molecular flexibility index (Phi) is 7.29. The highest BCUT2D eigenvalue weighted by molar-refractivity contribution is 5.92. The van der Waals surface area contributed by atoms with E-state index in [1.165, 1.54) is 0 Å². The second kappa shape index (κ2) is 7.59. The molecule has 0 aromatic carbocycles. The Labute approximate surface area is 145 Å². The SMILES string of the molecule is CC1CN=C(C(C)(C)N=NC2(C)CN=C(C(C)C)N2)N1.Cl.Cl. The zero-order valence-corrected chi connectivity index (χ0v) is 15.8. The number of rotatable bonds is 4. The number of azo groups is 1. The molecule has 0 aromatic rings. The van der Waals surface area contributed by atoms with Crippen molar-refractivity contribution in [1.82, 2.24) is 10.6 Å². The highest BCUT2D eigenvalue weighted by Gasteiger charge is 2.34. The van der Waals surface area contributed by atoms with Gasteiger partial charge in [0.1, 0.15) is 17.2 Å². The van der Waals surface area contributed by atoms with Gasteiger partial charge in [0.15, 0.2) is 5.66 Å². The summed E-state index contributed by atoms with van der Waals surface area (Å²) in [5, 5.41) is 15.7. The van der Waals surface area contributed by atoms with Gasteiger partial charge in [-0.25, -0.2) is 0 Å². The van der Waals surface area contributed by atoms with Crippen LogP contribution in [0.5, 0.6) is 0 Å². The Bertz CT molecular complexity index is 472. The van der Waals surface area contributed by atoms with Crippen LogP contribution in [-0.4, -0.2) is 42.0 Å². The van der Waals surface area contributed by atoms with E-state index >= 15 is 0 Å². The summed E-state index contributed by atoms with van der Waals surface area (Å²) < 4.78 is 0. The Morgan fingerprint density at radius 3 is 2.36 bits per heavy atom. The van der Waals surface area contributed by atoms with Crippen LogP contribution in [-0.2, 0) is 0 Å². The van der Waals surface area contributed by atoms with E-state index < -0.39 is 11.2 Å². The van der Waals surface area contributed by atoms with Crippen LogP contribution in [0.2, 0.25) is 0 Å². The van der Waals surface area contributed by atoms with Crippen molar-refractivity contribution in [1.29, 1.82) is 0 Å². The lowest BCUT2D eigenvalue weighted by Crippen LogP contribution is -2.44. The zero-order chi connectivity index (χ0) is 15.0. The van der Waals surface area contributed by atoms with Gasteiger partial charge in [-0.15, -0.1) is 24.8 Å². The maximum atomic E-state index is 4.52. The molecule has 0 fully saturated rings.